The van der Waals surface area contributed by atoms with Crippen molar-refractivity contribution in [2.75, 3.05) is 43.5 Å². The zero-order valence-electron chi connectivity index (χ0n) is 18.4. The van der Waals surface area contributed by atoms with E-state index < -0.39 is 16.1 Å². The molecule has 2 aliphatic rings. The number of nitrogens with zero attached hydrogens (tertiary/aromatic N) is 3. The smallest absolute Gasteiger partial charge is 0.246 e. The Labute approximate surface area is 189 Å². The Morgan fingerprint density at radius 2 is 1.72 bits per heavy atom. The highest BCUT2D eigenvalue weighted by Gasteiger charge is 2.35. The van der Waals surface area contributed by atoms with Crippen LogP contribution in [-0.4, -0.2) is 69.4 Å². The normalized spacial score (nSPS) is 17.2. The summed E-state index contributed by atoms with van der Waals surface area (Å²) in [6.45, 7) is 5.43. The number of rotatable bonds is 7. The molecule has 2 heterocycles. The van der Waals surface area contributed by atoms with Crippen LogP contribution in [0.2, 0.25) is 0 Å². The van der Waals surface area contributed by atoms with Gasteiger partial charge in [-0.3, -0.25) is 14.0 Å². The lowest BCUT2D eigenvalue weighted by Gasteiger charge is -2.39. The number of sulfonamides is 1. The summed E-state index contributed by atoms with van der Waals surface area (Å²) < 4.78 is 37.2. The van der Waals surface area contributed by atoms with Crippen molar-refractivity contribution in [3.63, 3.8) is 0 Å². The minimum Gasteiger partial charge on any atom is -0.454 e. The average Bonchev–Trinajstić information content (AvgIpc) is 3.25. The summed E-state index contributed by atoms with van der Waals surface area (Å²) in [4.78, 5) is 17.4. The van der Waals surface area contributed by atoms with E-state index >= 15 is 0 Å². The predicted molar refractivity (Wildman–Crippen MR) is 122 cm³/mol. The van der Waals surface area contributed by atoms with Gasteiger partial charge in [0.15, 0.2) is 11.5 Å². The summed E-state index contributed by atoms with van der Waals surface area (Å²) >= 11 is 0. The van der Waals surface area contributed by atoms with Crippen LogP contribution in [0.25, 0.3) is 0 Å². The van der Waals surface area contributed by atoms with E-state index in [2.05, 4.69) is 4.90 Å². The summed E-state index contributed by atoms with van der Waals surface area (Å²) in [5.74, 6) is 1.39. The molecule has 1 fully saturated rings. The van der Waals surface area contributed by atoms with Gasteiger partial charge in [-0.2, -0.15) is 0 Å². The van der Waals surface area contributed by atoms with E-state index in [1.165, 1.54) is 4.31 Å². The number of para-hydroxylation sites is 1. The molecule has 0 aromatic heterocycles. The lowest BCUT2D eigenvalue weighted by atomic mass is 10.1. The SMILES string of the molecule is CC[C@@H](C(=O)N1CCN(Cc2ccc3c(c2)OCO3)CC1)N(c1ccccc1)S(C)(=O)=O. The molecule has 1 amide bonds. The van der Waals surface area contributed by atoms with Gasteiger partial charge in [-0.15, -0.1) is 0 Å². The maximum Gasteiger partial charge on any atom is 0.246 e. The number of fused-ring (bicyclic) bond motifs is 1. The second kappa shape index (κ2) is 9.38. The second-order valence-corrected chi connectivity index (χ2v) is 9.97. The molecule has 2 aromatic carbocycles. The van der Waals surface area contributed by atoms with E-state index in [0.717, 1.165) is 43.0 Å². The highest BCUT2D eigenvalue weighted by atomic mass is 32.2. The van der Waals surface area contributed by atoms with Crippen LogP contribution in [0.5, 0.6) is 11.5 Å². The van der Waals surface area contributed by atoms with Gasteiger partial charge in [-0.05, 0) is 36.2 Å². The fraction of sp³-hybridized carbons (Fsp3) is 0.435. The number of hydrogen-bond donors (Lipinski definition) is 0. The van der Waals surface area contributed by atoms with Gasteiger partial charge in [-0.1, -0.05) is 31.2 Å². The lowest BCUT2D eigenvalue weighted by Crippen LogP contribution is -2.55. The minimum absolute atomic E-state index is 0.149. The van der Waals surface area contributed by atoms with Crippen LogP contribution in [0.4, 0.5) is 5.69 Å². The van der Waals surface area contributed by atoms with E-state index in [9.17, 15) is 13.2 Å². The highest BCUT2D eigenvalue weighted by molar-refractivity contribution is 7.92. The molecule has 0 aliphatic carbocycles. The Balaban J connectivity index is 1.41. The minimum atomic E-state index is -3.62. The first kappa shape index (κ1) is 22.4. The van der Waals surface area contributed by atoms with Crippen LogP contribution in [0.1, 0.15) is 18.9 Å². The number of piperazine rings is 1. The lowest BCUT2D eigenvalue weighted by molar-refractivity contribution is -0.134. The monoisotopic (exact) mass is 459 g/mol. The molecule has 0 saturated carbocycles. The maximum atomic E-state index is 13.4. The molecule has 2 aromatic rings. The average molecular weight is 460 g/mol. The van der Waals surface area contributed by atoms with Gasteiger partial charge in [0.25, 0.3) is 0 Å². The van der Waals surface area contributed by atoms with Crippen LogP contribution in [0.15, 0.2) is 48.5 Å². The van der Waals surface area contributed by atoms with Crippen LogP contribution in [0.3, 0.4) is 0 Å². The molecule has 0 bridgehead atoms. The van der Waals surface area contributed by atoms with E-state index in [4.69, 9.17) is 9.47 Å². The number of ether oxygens (including phenoxy) is 2. The van der Waals surface area contributed by atoms with Crippen LogP contribution in [0, 0.1) is 0 Å². The number of carbonyl (C=O) groups excluding carboxylic acids is 1. The fourth-order valence-corrected chi connectivity index (χ4v) is 5.46. The highest BCUT2D eigenvalue weighted by Crippen LogP contribution is 2.33. The van der Waals surface area contributed by atoms with E-state index in [1.807, 2.05) is 31.2 Å². The van der Waals surface area contributed by atoms with Crippen molar-refractivity contribution in [2.45, 2.75) is 25.9 Å². The summed E-state index contributed by atoms with van der Waals surface area (Å²) in [7, 11) is -3.62. The second-order valence-electron chi connectivity index (χ2n) is 8.11. The van der Waals surface area contributed by atoms with Gasteiger partial charge in [0.05, 0.1) is 11.9 Å². The van der Waals surface area contributed by atoms with Crippen molar-refractivity contribution in [2.24, 2.45) is 0 Å². The zero-order valence-corrected chi connectivity index (χ0v) is 19.3. The summed E-state index contributed by atoms with van der Waals surface area (Å²) in [5.41, 5.74) is 1.64. The first-order valence-electron chi connectivity index (χ1n) is 10.8. The molecule has 1 saturated heterocycles. The Hall–Kier alpha value is -2.78. The molecule has 2 aliphatic heterocycles. The summed E-state index contributed by atoms with van der Waals surface area (Å²) in [5, 5.41) is 0. The molecule has 0 spiro atoms. The Morgan fingerprint density at radius 1 is 1.03 bits per heavy atom. The molecule has 8 nitrogen and oxygen atoms in total. The molecule has 172 valence electrons. The quantitative estimate of drug-likeness (QED) is 0.632. The molecule has 0 radical (unpaired) electrons. The zero-order chi connectivity index (χ0) is 22.7. The first-order valence-corrected chi connectivity index (χ1v) is 12.7. The van der Waals surface area contributed by atoms with Crippen LogP contribution in [-0.2, 0) is 21.4 Å². The third-order valence-corrected chi connectivity index (χ3v) is 7.03. The molecule has 0 unspecified atom stereocenters. The standard InChI is InChI=1S/C23H29N3O5S/c1-3-20(26(32(2,28)29)19-7-5-4-6-8-19)23(27)25-13-11-24(12-14-25)16-18-9-10-21-22(15-18)31-17-30-21/h4-10,15,20H,3,11-14,16-17H2,1-2H3/t20-/m0/s1. The Kier molecular flexibility index (Phi) is 6.57. The van der Waals surface area contributed by atoms with Crippen molar-refractivity contribution in [3.05, 3.63) is 54.1 Å². The topological polar surface area (TPSA) is 79.4 Å². The third-order valence-electron chi connectivity index (χ3n) is 5.85. The third kappa shape index (κ3) is 4.83. The largest absolute Gasteiger partial charge is 0.454 e. The van der Waals surface area contributed by atoms with Crippen molar-refractivity contribution in [1.29, 1.82) is 0 Å². The Morgan fingerprint density at radius 3 is 2.38 bits per heavy atom. The van der Waals surface area contributed by atoms with Crippen molar-refractivity contribution in [3.8, 4) is 11.5 Å². The molecule has 0 N–H and O–H groups in total. The predicted octanol–water partition coefficient (Wildman–Crippen LogP) is 2.30. The van der Waals surface area contributed by atoms with Gasteiger partial charge in [-0.25, -0.2) is 8.42 Å². The Bertz CT molecular complexity index is 1050. The van der Waals surface area contributed by atoms with Crippen molar-refractivity contribution in [1.82, 2.24) is 9.80 Å². The molecular formula is C23H29N3O5S. The summed E-state index contributed by atoms with van der Waals surface area (Å²) in [6, 6.07) is 14.0. The molecule has 4 rings (SSSR count). The maximum absolute atomic E-state index is 13.4. The number of carbonyl (C=O) groups is 1. The molecular weight excluding hydrogens is 430 g/mol. The fourth-order valence-electron chi connectivity index (χ4n) is 4.25. The van der Waals surface area contributed by atoms with Crippen molar-refractivity contribution >= 4 is 21.6 Å². The summed E-state index contributed by atoms with van der Waals surface area (Å²) in [6.07, 6.45) is 1.55. The number of anilines is 1. The van der Waals surface area contributed by atoms with Gasteiger partial charge >= 0.3 is 0 Å². The van der Waals surface area contributed by atoms with Gasteiger partial charge in [0, 0.05) is 32.7 Å². The van der Waals surface area contributed by atoms with Crippen molar-refractivity contribution < 1.29 is 22.7 Å². The van der Waals surface area contributed by atoms with Crippen LogP contribution < -0.4 is 13.8 Å². The van der Waals surface area contributed by atoms with E-state index in [-0.39, 0.29) is 12.7 Å². The van der Waals surface area contributed by atoms with Gasteiger partial charge < -0.3 is 14.4 Å². The van der Waals surface area contributed by atoms with Gasteiger partial charge in [0.2, 0.25) is 22.7 Å². The van der Waals surface area contributed by atoms with E-state index in [0.29, 0.717) is 25.2 Å². The molecule has 1 atom stereocenters. The number of hydrogen-bond acceptors (Lipinski definition) is 6. The molecule has 9 heteroatoms. The number of benzene rings is 2. The van der Waals surface area contributed by atoms with Gasteiger partial charge in [0.1, 0.15) is 6.04 Å². The first-order chi connectivity index (χ1) is 15.4. The van der Waals surface area contributed by atoms with E-state index in [1.54, 1.807) is 29.2 Å². The van der Waals surface area contributed by atoms with Crippen LogP contribution >= 0.6 is 0 Å². The molecule has 32 heavy (non-hydrogen) atoms. The number of amides is 1.